The van der Waals surface area contributed by atoms with E-state index >= 15 is 0 Å². The van der Waals surface area contributed by atoms with Gasteiger partial charge in [0.2, 0.25) is 5.91 Å². The summed E-state index contributed by atoms with van der Waals surface area (Å²) in [5.41, 5.74) is -0.546. The first kappa shape index (κ1) is 12.7. The Balaban J connectivity index is 1.53. The van der Waals surface area contributed by atoms with Crippen molar-refractivity contribution in [3.63, 3.8) is 0 Å². The highest BCUT2D eigenvalue weighted by molar-refractivity contribution is 5.78. The van der Waals surface area contributed by atoms with E-state index in [0.717, 1.165) is 42.9 Å². The van der Waals surface area contributed by atoms with E-state index in [0.29, 0.717) is 12.3 Å². The van der Waals surface area contributed by atoms with Gasteiger partial charge in [-0.1, -0.05) is 0 Å². The molecule has 1 heterocycles. The summed E-state index contributed by atoms with van der Waals surface area (Å²) >= 11 is 0. The van der Waals surface area contributed by atoms with Gasteiger partial charge >= 0.3 is 0 Å². The lowest BCUT2D eigenvalue weighted by atomic mass is 9.50. The summed E-state index contributed by atoms with van der Waals surface area (Å²) in [4.78, 5) is 11.7. The van der Waals surface area contributed by atoms with E-state index in [1.807, 2.05) is 0 Å². The first-order valence-corrected chi connectivity index (χ1v) is 8.40. The van der Waals surface area contributed by atoms with Crippen LogP contribution in [0.2, 0.25) is 0 Å². The SMILES string of the molecule is N#CC1(CC2C3CC4CC(C3)CC2C4)CCCC(=O)N1. The fourth-order valence-corrected chi connectivity index (χ4v) is 6.00. The van der Waals surface area contributed by atoms with Crippen LogP contribution in [-0.4, -0.2) is 11.4 Å². The number of carbonyl (C=O) groups is 1. The first-order chi connectivity index (χ1) is 9.67. The van der Waals surface area contributed by atoms with Gasteiger partial charge in [-0.15, -0.1) is 0 Å². The molecule has 0 aromatic heterocycles. The summed E-state index contributed by atoms with van der Waals surface area (Å²) in [6, 6.07) is 2.47. The van der Waals surface area contributed by atoms with Gasteiger partial charge in [-0.3, -0.25) is 4.79 Å². The van der Waals surface area contributed by atoms with Crippen molar-refractivity contribution >= 4 is 5.91 Å². The Labute approximate surface area is 121 Å². The molecule has 1 amide bonds. The van der Waals surface area contributed by atoms with E-state index in [2.05, 4.69) is 11.4 Å². The minimum Gasteiger partial charge on any atom is -0.338 e. The van der Waals surface area contributed by atoms with Crippen molar-refractivity contribution < 1.29 is 4.79 Å². The summed E-state index contributed by atoms with van der Waals surface area (Å²) in [5, 5.41) is 12.7. The Hall–Kier alpha value is -1.04. The molecule has 1 aliphatic heterocycles. The zero-order chi connectivity index (χ0) is 13.7. The van der Waals surface area contributed by atoms with Crippen LogP contribution in [-0.2, 0) is 4.79 Å². The predicted octanol–water partition coefficient (Wildman–Crippen LogP) is 3.01. The van der Waals surface area contributed by atoms with Crippen LogP contribution in [0.5, 0.6) is 0 Å². The molecule has 108 valence electrons. The van der Waals surface area contributed by atoms with Crippen molar-refractivity contribution in [1.29, 1.82) is 5.26 Å². The Morgan fingerprint density at radius 3 is 2.35 bits per heavy atom. The Bertz CT molecular complexity index is 438. The van der Waals surface area contributed by atoms with Crippen molar-refractivity contribution in [2.24, 2.45) is 29.6 Å². The van der Waals surface area contributed by atoms with Crippen LogP contribution in [0.15, 0.2) is 0 Å². The van der Waals surface area contributed by atoms with Crippen molar-refractivity contribution in [3.8, 4) is 6.07 Å². The maximum absolute atomic E-state index is 11.7. The van der Waals surface area contributed by atoms with E-state index < -0.39 is 5.54 Å². The van der Waals surface area contributed by atoms with Gasteiger partial charge in [0.25, 0.3) is 0 Å². The molecule has 1 atom stereocenters. The fourth-order valence-electron chi connectivity index (χ4n) is 6.00. The quantitative estimate of drug-likeness (QED) is 0.840. The van der Waals surface area contributed by atoms with Gasteiger partial charge in [0, 0.05) is 6.42 Å². The van der Waals surface area contributed by atoms with E-state index in [9.17, 15) is 10.1 Å². The maximum atomic E-state index is 11.7. The topological polar surface area (TPSA) is 52.9 Å². The molecule has 20 heavy (non-hydrogen) atoms. The van der Waals surface area contributed by atoms with Crippen LogP contribution in [0.3, 0.4) is 0 Å². The molecule has 5 rings (SSSR count). The molecule has 1 N–H and O–H groups in total. The van der Waals surface area contributed by atoms with E-state index in [4.69, 9.17) is 0 Å². The number of amides is 1. The standard InChI is InChI=1S/C17H24N2O/c18-10-17(3-1-2-16(20)19-17)9-15-13-5-11-4-12(7-13)8-14(15)6-11/h11-15H,1-9H2,(H,19,20). The minimum absolute atomic E-state index is 0.0848. The van der Waals surface area contributed by atoms with Crippen LogP contribution in [0.4, 0.5) is 0 Å². The molecule has 0 aromatic rings. The highest BCUT2D eigenvalue weighted by atomic mass is 16.1. The highest BCUT2D eigenvalue weighted by Gasteiger charge is 2.51. The van der Waals surface area contributed by atoms with Crippen LogP contribution < -0.4 is 5.32 Å². The molecule has 1 unspecified atom stereocenters. The van der Waals surface area contributed by atoms with Crippen molar-refractivity contribution in [3.05, 3.63) is 0 Å². The lowest BCUT2D eigenvalue weighted by molar-refractivity contribution is -0.125. The number of hydrogen-bond acceptors (Lipinski definition) is 2. The second-order valence-electron chi connectivity index (χ2n) is 7.89. The van der Waals surface area contributed by atoms with Gasteiger partial charge in [-0.05, 0) is 81.0 Å². The summed E-state index contributed by atoms with van der Waals surface area (Å²) in [5.74, 6) is 4.42. The second kappa shape index (κ2) is 4.48. The number of carbonyl (C=O) groups excluding carboxylic acids is 1. The molecular formula is C17H24N2O. The number of piperidine rings is 1. The third-order valence-corrected chi connectivity index (χ3v) is 6.61. The second-order valence-corrected chi connectivity index (χ2v) is 7.89. The molecule has 3 heteroatoms. The lowest BCUT2D eigenvalue weighted by Crippen LogP contribution is -2.55. The monoisotopic (exact) mass is 272 g/mol. The minimum atomic E-state index is -0.546. The fraction of sp³-hybridized carbons (Fsp3) is 0.882. The molecule has 0 radical (unpaired) electrons. The summed E-state index contributed by atoms with van der Waals surface area (Å²) in [7, 11) is 0. The van der Waals surface area contributed by atoms with Crippen molar-refractivity contribution in [1.82, 2.24) is 5.32 Å². The molecule has 4 aliphatic carbocycles. The third kappa shape index (κ3) is 1.96. The summed E-state index contributed by atoms with van der Waals surface area (Å²) < 4.78 is 0. The number of rotatable bonds is 2. The number of nitrogens with zero attached hydrogens (tertiary/aromatic N) is 1. The third-order valence-electron chi connectivity index (χ3n) is 6.61. The molecule has 3 nitrogen and oxygen atoms in total. The smallest absolute Gasteiger partial charge is 0.221 e. The van der Waals surface area contributed by atoms with E-state index in [1.165, 1.54) is 32.1 Å². The van der Waals surface area contributed by atoms with Crippen LogP contribution in [0.25, 0.3) is 0 Å². The Morgan fingerprint density at radius 2 is 1.80 bits per heavy atom. The summed E-state index contributed by atoms with van der Waals surface area (Å²) in [6.07, 6.45) is 10.3. The molecule has 5 fully saturated rings. The maximum Gasteiger partial charge on any atom is 0.221 e. The van der Waals surface area contributed by atoms with Gasteiger partial charge < -0.3 is 5.32 Å². The Morgan fingerprint density at radius 1 is 1.15 bits per heavy atom. The number of hydrogen-bond donors (Lipinski definition) is 1. The zero-order valence-corrected chi connectivity index (χ0v) is 12.1. The first-order valence-electron chi connectivity index (χ1n) is 8.40. The average molecular weight is 272 g/mol. The largest absolute Gasteiger partial charge is 0.338 e. The van der Waals surface area contributed by atoms with Crippen molar-refractivity contribution in [2.45, 2.75) is 63.3 Å². The summed E-state index contributed by atoms with van der Waals surface area (Å²) in [6.45, 7) is 0. The molecular weight excluding hydrogens is 248 g/mol. The van der Waals surface area contributed by atoms with Gasteiger partial charge in [0.1, 0.15) is 5.54 Å². The Kier molecular flexibility index (Phi) is 2.84. The molecule has 4 bridgehead atoms. The predicted molar refractivity (Wildman–Crippen MR) is 75.5 cm³/mol. The molecule has 4 saturated carbocycles. The van der Waals surface area contributed by atoms with Crippen LogP contribution >= 0.6 is 0 Å². The zero-order valence-electron chi connectivity index (χ0n) is 12.1. The number of nitriles is 1. The van der Waals surface area contributed by atoms with Gasteiger partial charge in [0.05, 0.1) is 6.07 Å². The van der Waals surface area contributed by atoms with Crippen molar-refractivity contribution in [2.75, 3.05) is 0 Å². The molecule has 0 aromatic carbocycles. The van der Waals surface area contributed by atoms with Gasteiger partial charge in [0.15, 0.2) is 0 Å². The van der Waals surface area contributed by atoms with Gasteiger partial charge in [-0.2, -0.15) is 5.26 Å². The molecule has 0 spiro atoms. The lowest BCUT2D eigenvalue weighted by Gasteiger charge is -2.56. The van der Waals surface area contributed by atoms with Crippen LogP contribution in [0, 0.1) is 40.9 Å². The molecule has 5 aliphatic rings. The molecule has 1 saturated heterocycles. The highest BCUT2D eigenvalue weighted by Crippen LogP contribution is 2.58. The van der Waals surface area contributed by atoms with E-state index in [-0.39, 0.29) is 5.91 Å². The average Bonchev–Trinajstić information content (AvgIpc) is 2.42. The van der Waals surface area contributed by atoms with Gasteiger partial charge in [-0.25, -0.2) is 0 Å². The van der Waals surface area contributed by atoms with E-state index in [1.54, 1.807) is 0 Å². The number of nitrogens with one attached hydrogen (secondary N) is 1. The normalized spacial score (nSPS) is 49.8. The van der Waals surface area contributed by atoms with Crippen LogP contribution in [0.1, 0.15) is 57.8 Å².